The van der Waals surface area contributed by atoms with E-state index in [4.69, 9.17) is 9.47 Å². The second-order valence-electron chi connectivity index (χ2n) is 3.63. The number of aliphatic hydroxyl groups excluding tert-OH is 2. The highest BCUT2D eigenvalue weighted by atomic mass is 16.6. The highest BCUT2D eigenvalue weighted by Crippen LogP contribution is 2.22. The average Bonchev–Trinajstić information content (AvgIpc) is 2.49. The summed E-state index contributed by atoms with van der Waals surface area (Å²) in [6, 6.07) is 0. The first-order valence-electron chi connectivity index (χ1n) is 4.79. The Bertz CT molecular complexity index is 269. The molecule has 0 bridgehead atoms. The van der Waals surface area contributed by atoms with Crippen LogP contribution in [0.5, 0.6) is 0 Å². The van der Waals surface area contributed by atoms with Gasteiger partial charge < -0.3 is 19.7 Å². The molecule has 1 aliphatic rings. The molecule has 0 fully saturated rings. The molecule has 86 valence electrons. The molecule has 5 heteroatoms. The van der Waals surface area contributed by atoms with Crippen molar-refractivity contribution in [2.24, 2.45) is 0 Å². The van der Waals surface area contributed by atoms with Crippen LogP contribution in [-0.2, 0) is 14.3 Å². The molecule has 0 aromatic heterocycles. The summed E-state index contributed by atoms with van der Waals surface area (Å²) in [5.41, 5.74) is 0.262. The Hall–Kier alpha value is -0.910. The summed E-state index contributed by atoms with van der Waals surface area (Å²) >= 11 is 0. The summed E-state index contributed by atoms with van der Waals surface area (Å²) < 4.78 is 9.89. The highest BCUT2D eigenvalue weighted by molar-refractivity contribution is 5.92. The Balaban J connectivity index is 2.84. The molecule has 1 rings (SSSR count). The van der Waals surface area contributed by atoms with Gasteiger partial charge in [-0.25, -0.2) is 4.79 Å². The molecule has 5 nitrogen and oxygen atoms in total. The third kappa shape index (κ3) is 2.56. The van der Waals surface area contributed by atoms with E-state index in [-0.39, 0.29) is 5.57 Å². The summed E-state index contributed by atoms with van der Waals surface area (Å²) in [6.07, 6.45) is -1.43. The zero-order valence-electron chi connectivity index (χ0n) is 9.01. The lowest BCUT2D eigenvalue weighted by molar-refractivity contribution is -0.144. The van der Waals surface area contributed by atoms with E-state index in [9.17, 15) is 15.0 Å². The molecule has 0 radical (unpaired) electrons. The third-order valence-corrected chi connectivity index (χ3v) is 2.30. The summed E-state index contributed by atoms with van der Waals surface area (Å²) in [7, 11) is 1.40. The first kappa shape index (κ1) is 12.2. The van der Waals surface area contributed by atoms with Crippen LogP contribution >= 0.6 is 0 Å². The van der Waals surface area contributed by atoms with Gasteiger partial charge in [-0.3, -0.25) is 0 Å². The Labute approximate surface area is 88.3 Å². The number of ether oxygens (including phenoxy) is 2. The fourth-order valence-corrected chi connectivity index (χ4v) is 1.50. The maximum absolute atomic E-state index is 11.4. The van der Waals surface area contributed by atoms with Gasteiger partial charge in [0.2, 0.25) is 0 Å². The van der Waals surface area contributed by atoms with Gasteiger partial charge in [0.05, 0.1) is 17.8 Å². The molecule has 1 aliphatic heterocycles. The van der Waals surface area contributed by atoms with Gasteiger partial charge in [-0.05, 0) is 19.9 Å². The number of carbonyl (C=O) groups is 1. The van der Waals surface area contributed by atoms with Crippen molar-refractivity contribution < 1.29 is 24.5 Å². The van der Waals surface area contributed by atoms with Gasteiger partial charge in [0.15, 0.2) is 0 Å². The van der Waals surface area contributed by atoms with Gasteiger partial charge in [0.1, 0.15) is 12.2 Å². The Kier molecular flexibility index (Phi) is 3.84. The molecule has 1 heterocycles. The van der Waals surface area contributed by atoms with E-state index in [1.807, 2.05) is 0 Å². The maximum atomic E-state index is 11.4. The van der Waals surface area contributed by atoms with E-state index in [0.29, 0.717) is 0 Å². The number of hydrogen-bond donors (Lipinski definition) is 2. The molecular weight excluding hydrogens is 200 g/mol. The normalized spacial score (nSPS) is 26.9. The number of esters is 1. The van der Waals surface area contributed by atoms with E-state index in [1.54, 1.807) is 0 Å². The molecule has 15 heavy (non-hydrogen) atoms. The van der Waals surface area contributed by atoms with Crippen LogP contribution in [-0.4, -0.2) is 47.7 Å². The summed E-state index contributed by atoms with van der Waals surface area (Å²) in [5.74, 6) is -0.548. The number of methoxy groups -OCH3 is 1. The Morgan fingerprint density at radius 3 is 2.40 bits per heavy atom. The van der Waals surface area contributed by atoms with Crippen molar-refractivity contribution in [2.45, 2.75) is 38.3 Å². The predicted octanol–water partition coefficient (Wildman–Crippen LogP) is -0.385. The van der Waals surface area contributed by atoms with Gasteiger partial charge in [0, 0.05) is 7.11 Å². The summed E-state index contributed by atoms with van der Waals surface area (Å²) in [4.78, 5) is 11.4. The highest BCUT2D eigenvalue weighted by Gasteiger charge is 2.35. The zero-order valence-corrected chi connectivity index (χ0v) is 9.01. The van der Waals surface area contributed by atoms with Crippen LogP contribution < -0.4 is 0 Å². The monoisotopic (exact) mass is 216 g/mol. The molecule has 0 saturated carbocycles. The minimum absolute atomic E-state index is 0.262. The van der Waals surface area contributed by atoms with Gasteiger partial charge in [-0.15, -0.1) is 0 Å². The second-order valence-corrected chi connectivity index (χ2v) is 3.63. The molecule has 0 aromatic rings. The van der Waals surface area contributed by atoms with Gasteiger partial charge in [-0.2, -0.15) is 0 Å². The molecule has 0 amide bonds. The predicted molar refractivity (Wildman–Crippen MR) is 52.1 cm³/mol. The molecule has 0 aliphatic carbocycles. The largest absolute Gasteiger partial charge is 0.452 e. The SMILES string of the molecule is COC(C1=CC(C(C)O)OC1=O)C(C)O. The third-order valence-electron chi connectivity index (χ3n) is 2.30. The van der Waals surface area contributed by atoms with Crippen molar-refractivity contribution >= 4 is 5.97 Å². The van der Waals surface area contributed by atoms with E-state index in [0.717, 1.165) is 0 Å². The lowest BCUT2D eigenvalue weighted by Crippen LogP contribution is -2.29. The maximum Gasteiger partial charge on any atom is 0.337 e. The molecule has 4 unspecified atom stereocenters. The van der Waals surface area contributed by atoms with Crippen molar-refractivity contribution in [3.8, 4) is 0 Å². The molecular formula is C10H16O5. The summed E-state index contributed by atoms with van der Waals surface area (Å²) in [6.45, 7) is 3.06. The lowest BCUT2D eigenvalue weighted by Gasteiger charge is -2.17. The Morgan fingerprint density at radius 1 is 1.47 bits per heavy atom. The Morgan fingerprint density at radius 2 is 2.07 bits per heavy atom. The van der Waals surface area contributed by atoms with Crippen LogP contribution in [0.4, 0.5) is 0 Å². The molecule has 0 saturated heterocycles. The molecule has 0 aromatic carbocycles. The number of carbonyl (C=O) groups excluding carboxylic acids is 1. The number of rotatable bonds is 4. The van der Waals surface area contributed by atoms with Gasteiger partial charge >= 0.3 is 5.97 Å². The van der Waals surface area contributed by atoms with E-state index < -0.39 is 30.4 Å². The van der Waals surface area contributed by atoms with E-state index in [1.165, 1.54) is 27.0 Å². The first-order valence-corrected chi connectivity index (χ1v) is 4.79. The van der Waals surface area contributed by atoms with Crippen LogP contribution in [0.2, 0.25) is 0 Å². The number of aliphatic hydroxyl groups is 2. The fourth-order valence-electron chi connectivity index (χ4n) is 1.50. The second kappa shape index (κ2) is 4.74. The minimum Gasteiger partial charge on any atom is -0.452 e. The molecule has 4 atom stereocenters. The van der Waals surface area contributed by atoms with Crippen LogP contribution in [0.15, 0.2) is 11.6 Å². The van der Waals surface area contributed by atoms with Crippen LogP contribution in [0.1, 0.15) is 13.8 Å². The quantitative estimate of drug-likeness (QED) is 0.626. The minimum atomic E-state index is -0.804. The first-order chi connectivity index (χ1) is 6.97. The standard InChI is InChI=1S/C10H16O5/c1-5(11)8-4-7(10(13)15-8)9(14-3)6(2)12/h4-6,8-9,11-12H,1-3H3. The van der Waals surface area contributed by atoms with Crippen LogP contribution in [0.3, 0.4) is 0 Å². The topological polar surface area (TPSA) is 76.0 Å². The van der Waals surface area contributed by atoms with Crippen molar-refractivity contribution in [3.63, 3.8) is 0 Å². The van der Waals surface area contributed by atoms with Gasteiger partial charge in [0.25, 0.3) is 0 Å². The van der Waals surface area contributed by atoms with Crippen molar-refractivity contribution in [3.05, 3.63) is 11.6 Å². The van der Waals surface area contributed by atoms with Crippen molar-refractivity contribution in [2.75, 3.05) is 7.11 Å². The molecule has 2 N–H and O–H groups in total. The molecule has 0 spiro atoms. The smallest absolute Gasteiger partial charge is 0.337 e. The van der Waals surface area contributed by atoms with Crippen LogP contribution in [0.25, 0.3) is 0 Å². The van der Waals surface area contributed by atoms with Crippen LogP contribution in [0, 0.1) is 0 Å². The number of cyclic esters (lactones) is 1. The van der Waals surface area contributed by atoms with Crippen molar-refractivity contribution in [1.82, 2.24) is 0 Å². The zero-order chi connectivity index (χ0) is 11.6. The van der Waals surface area contributed by atoms with E-state index >= 15 is 0 Å². The summed E-state index contributed by atoms with van der Waals surface area (Å²) in [5, 5.41) is 18.6. The van der Waals surface area contributed by atoms with E-state index in [2.05, 4.69) is 0 Å². The number of hydrogen-bond acceptors (Lipinski definition) is 5. The average molecular weight is 216 g/mol. The fraction of sp³-hybridized carbons (Fsp3) is 0.700. The van der Waals surface area contributed by atoms with Crippen molar-refractivity contribution in [1.29, 1.82) is 0 Å². The lowest BCUT2D eigenvalue weighted by atomic mass is 10.0. The van der Waals surface area contributed by atoms with Gasteiger partial charge in [-0.1, -0.05) is 0 Å².